The number of rotatable bonds is 4. The third kappa shape index (κ3) is 3.75. The van der Waals surface area contributed by atoms with Gasteiger partial charge in [-0.05, 0) is 23.8 Å². The third-order valence-electron chi connectivity index (χ3n) is 4.43. The number of hydrogen-bond acceptors (Lipinski definition) is 3. The van der Waals surface area contributed by atoms with Crippen LogP contribution in [0, 0.1) is 11.6 Å². The Labute approximate surface area is 164 Å². The van der Waals surface area contributed by atoms with Crippen LogP contribution in [-0.4, -0.2) is 15.7 Å². The molecule has 3 aromatic carbocycles. The normalized spacial score (nSPS) is 10.8. The Morgan fingerprint density at radius 3 is 2.38 bits per heavy atom. The van der Waals surface area contributed by atoms with Crippen molar-refractivity contribution in [2.75, 3.05) is 5.32 Å². The van der Waals surface area contributed by atoms with Crippen LogP contribution in [0.15, 0.2) is 77.6 Å². The van der Waals surface area contributed by atoms with E-state index in [-0.39, 0.29) is 23.5 Å². The molecule has 0 aliphatic carbocycles. The molecule has 1 amide bonds. The SMILES string of the molecule is O=C(Nc1cc(F)ccc1F)c1nn(Cc2ccccc2)c(=O)c2ccccc12. The summed E-state index contributed by atoms with van der Waals surface area (Å²) in [4.78, 5) is 25.7. The summed E-state index contributed by atoms with van der Waals surface area (Å²) in [5, 5.41) is 7.20. The molecule has 0 fully saturated rings. The fourth-order valence-electron chi connectivity index (χ4n) is 3.04. The lowest BCUT2D eigenvalue weighted by molar-refractivity contribution is 0.102. The van der Waals surface area contributed by atoms with Crippen molar-refractivity contribution in [3.63, 3.8) is 0 Å². The summed E-state index contributed by atoms with van der Waals surface area (Å²) in [6.45, 7) is 0.166. The summed E-state index contributed by atoms with van der Waals surface area (Å²) in [6, 6.07) is 18.5. The van der Waals surface area contributed by atoms with Crippen LogP contribution >= 0.6 is 0 Å². The van der Waals surface area contributed by atoms with Crippen LogP contribution in [-0.2, 0) is 6.54 Å². The van der Waals surface area contributed by atoms with Crippen LogP contribution in [0.4, 0.5) is 14.5 Å². The smallest absolute Gasteiger partial charge is 0.276 e. The van der Waals surface area contributed by atoms with Crippen molar-refractivity contribution in [1.82, 2.24) is 9.78 Å². The highest BCUT2D eigenvalue weighted by atomic mass is 19.1. The monoisotopic (exact) mass is 391 g/mol. The van der Waals surface area contributed by atoms with E-state index in [4.69, 9.17) is 0 Å². The summed E-state index contributed by atoms with van der Waals surface area (Å²) in [5.74, 6) is -2.21. The minimum Gasteiger partial charge on any atom is -0.318 e. The van der Waals surface area contributed by atoms with E-state index in [2.05, 4.69) is 10.4 Å². The Kier molecular flexibility index (Phi) is 4.87. The number of anilines is 1. The predicted octanol–water partition coefficient (Wildman–Crippen LogP) is 3.98. The molecule has 0 aliphatic rings. The molecule has 7 heteroatoms. The first-order chi connectivity index (χ1) is 14.0. The molecule has 5 nitrogen and oxygen atoms in total. The van der Waals surface area contributed by atoms with Crippen LogP contribution in [0.1, 0.15) is 16.1 Å². The fourth-order valence-corrected chi connectivity index (χ4v) is 3.04. The van der Waals surface area contributed by atoms with Crippen LogP contribution in [0.5, 0.6) is 0 Å². The maximum atomic E-state index is 13.9. The van der Waals surface area contributed by atoms with Gasteiger partial charge in [0.25, 0.3) is 11.5 Å². The average Bonchev–Trinajstić information content (AvgIpc) is 2.73. The molecule has 0 radical (unpaired) electrons. The minimum absolute atomic E-state index is 0.0557. The van der Waals surface area contributed by atoms with E-state index >= 15 is 0 Å². The van der Waals surface area contributed by atoms with Gasteiger partial charge in [-0.15, -0.1) is 0 Å². The van der Waals surface area contributed by atoms with Gasteiger partial charge in [0.1, 0.15) is 11.6 Å². The Bertz CT molecular complexity index is 1270. The lowest BCUT2D eigenvalue weighted by atomic mass is 10.1. The summed E-state index contributed by atoms with van der Waals surface area (Å²) >= 11 is 0. The molecule has 0 unspecified atom stereocenters. The molecule has 4 aromatic rings. The second-order valence-corrected chi connectivity index (χ2v) is 6.42. The number of fused-ring (bicyclic) bond motifs is 1. The van der Waals surface area contributed by atoms with Gasteiger partial charge in [0.05, 0.1) is 17.6 Å². The molecule has 0 saturated carbocycles. The third-order valence-corrected chi connectivity index (χ3v) is 4.43. The van der Waals surface area contributed by atoms with Crippen LogP contribution in [0.2, 0.25) is 0 Å². The lowest BCUT2D eigenvalue weighted by Gasteiger charge is -2.12. The van der Waals surface area contributed by atoms with E-state index < -0.39 is 17.5 Å². The van der Waals surface area contributed by atoms with E-state index in [1.165, 1.54) is 4.68 Å². The van der Waals surface area contributed by atoms with Gasteiger partial charge in [0.15, 0.2) is 5.69 Å². The van der Waals surface area contributed by atoms with E-state index in [0.29, 0.717) is 10.8 Å². The quantitative estimate of drug-likeness (QED) is 0.572. The topological polar surface area (TPSA) is 64.0 Å². The van der Waals surface area contributed by atoms with E-state index in [1.54, 1.807) is 24.3 Å². The minimum atomic E-state index is -0.776. The molecule has 1 N–H and O–H groups in total. The van der Waals surface area contributed by atoms with E-state index in [0.717, 1.165) is 23.8 Å². The Hall–Kier alpha value is -3.87. The van der Waals surface area contributed by atoms with Crippen molar-refractivity contribution in [3.05, 3.63) is 106 Å². The Balaban J connectivity index is 1.80. The van der Waals surface area contributed by atoms with E-state index in [9.17, 15) is 18.4 Å². The lowest BCUT2D eigenvalue weighted by Crippen LogP contribution is -2.28. The first-order valence-electron chi connectivity index (χ1n) is 8.83. The first-order valence-corrected chi connectivity index (χ1v) is 8.83. The molecule has 0 atom stereocenters. The number of hydrogen-bond donors (Lipinski definition) is 1. The van der Waals surface area contributed by atoms with Crippen LogP contribution < -0.4 is 10.9 Å². The summed E-state index contributed by atoms with van der Waals surface area (Å²) in [5.41, 5.74) is 0.124. The summed E-state index contributed by atoms with van der Waals surface area (Å²) in [6.07, 6.45) is 0. The number of nitrogens with one attached hydrogen (secondary N) is 1. The maximum absolute atomic E-state index is 13.9. The van der Waals surface area contributed by atoms with Gasteiger partial charge in [-0.1, -0.05) is 48.5 Å². The van der Waals surface area contributed by atoms with Gasteiger partial charge in [-0.25, -0.2) is 13.5 Å². The number of benzene rings is 3. The van der Waals surface area contributed by atoms with Crippen LogP contribution in [0.25, 0.3) is 10.8 Å². The number of carbonyl (C=O) groups excluding carboxylic acids is 1. The largest absolute Gasteiger partial charge is 0.318 e. The number of carbonyl (C=O) groups is 1. The highest BCUT2D eigenvalue weighted by Crippen LogP contribution is 2.19. The molecule has 29 heavy (non-hydrogen) atoms. The molecular formula is C22H15F2N3O2. The first kappa shape index (κ1) is 18.5. The zero-order valence-electron chi connectivity index (χ0n) is 15.1. The van der Waals surface area contributed by atoms with E-state index in [1.807, 2.05) is 30.3 Å². The zero-order valence-corrected chi connectivity index (χ0v) is 15.1. The molecule has 0 bridgehead atoms. The number of amides is 1. The van der Waals surface area contributed by atoms with Crippen molar-refractivity contribution >= 4 is 22.4 Å². The molecule has 1 aromatic heterocycles. The second-order valence-electron chi connectivity index (χ2n) is 6.42. The molecule has 4 rings (SSSR count). The molecule has 0 aliphatic heterocycles. The van der Waals surface area contributed by atoms with Crippen molar-refractivity contribution in [3.8, 4) is 0 Å². The average molecular weight is 391 g/mol. The van der Waals surface area contributed by atoms with Gasteiger partial charge >= 0.3 is 0 Å². The van der Waals surface area contributed by atoms with Gasteiger partial charge in [-0.2, -0.15) is 5.10 Å². The highest BCUT2D eigenvalue weighted by Gasteiger charge is 2.18. The zero-order chi connectivity index (χ0) is 20.4. The summed E-state index contributed by atoms with van der Waals surface area (Å²) in [7, 11) is 0. The summed E-state index contributed by atoms with van der Waals surface area (Å²) < 4.78 is 28.6. The number of halogens is 2. The van der Waals surface area contributed by atoms with Crippen molar-refractivity contribution < 1.29 is 13.6 Å². The van der Waals surface area contributed by atoms with Gasteiger partial charge < -0.3 is 5.32 Å². The predicted molar refractivity (Wildman–Crippen MR) is 106 cm³/mol. The van der Waals surface area contributed by atoms with Crippen molar-refractivity contribution in [2.24, 2.45) is 0 Å². The van der Waals surface area contributed by atoms with Crippen LogP contribution in [0.3, 0.4) is 0 Å². The Morgan fingerprint density at radius 1 is 0.931 bits per heavy atom. The molecule has 0 saturated heterocycles. The molecule has 0 spiro atoms. The molecular weight excluding hydrogens is 376 g/mol. The maximum Gasteiger partial charge on any atom is 0.276 e. The fraction of sp³-hybridized carbons (Fsp3) is 0.0455. The second kappa shape index (κ2) is 7.63. The van der Waals surface area contributed by atoms with Gasteiger partial charge in [-0.3, -0.25) is 9.59 Å². The standard InChI is InChI=1S/C22H15F2N3O2/c23-15-10-11-18(24)19(12-15)25-21(28)20-16-8-4-5-9-17(16)22(29)27(26-20)13-14-6-2-1-3-7-14/h1-12H,13H2,(H,25,28). The van der Waals surface area contributed by atoms with Gasteiger partial charge in [0.2, 0.25) is 0 Å². The highest BCUT2D eigenvalue weighted by molar-refractivity contribution is 6.11. The number of aromatic nitrogens is 2. The molecule has 1 heterocycles. The Morgan fingerprint density at radius 2 is 1.62 bits per heavy atom. The van der Waals surface area contributed by atoms with Gasteiger partial charge in [0, 0.05) is 11.5 Å². The van der Waals surface area contributed by atoms with Crippen molar-refractivity contribution in [1.29, 1.82) is 0 Å². The number of nitrogens with zero attached hydrogens (tertiary/aromatic N) is 2. The molecule has 144 valence electrons. The van der Waals surface area contributed by atoms with Crippen molar-refractivity contribution in [2.45, 2.75) is 6.54 Å².